The summed E-state index contributed by atoms with van der Waals surface area (Å²) < 4.78 is 13.6. The summed E-state index contributed by atoms with van der Waals surface area (Å²) >= 11 is 0. The second-order valence-electron chi connectivity index (χ2n) is 4.11. The van der Waals surface area contributed by atoms with E-state index < -0.39 is 0 Å². The number of hydrogen-bond donors (Lipinski definition) is 1. The van der Waals surface area contributed by atoms with Crippen LogP contribution in [0.3, 0.4) is 0 Å². The van der Waals surface area contributed by atoms with Crippen LogP contribution in [0.1, 0.15) is 25.3 Å². The number of nitrogens with one attached hydrogen (secondary N) is 1. The summed E-state index contributed by atoms with van der Waals surface area (Å²) in [5.41, 5.74) is 0.959. The average Bonchev–Trinajstić information content (AvgIpc) is 2.13. The molecule has 2 heteroatoms. The van der Waals surface area contributed by atoms with Crippen LogP contribution >= 0.6 is 0 Å². The maximum absolute atomic E-state index is 13.6. The summed E-state index contributed by atoms with van der Waals surface area (Å²) in [6.45, 7) is 3.99. The van der Waals surface area contributed by atoms with E-state index in [1.54, 1.807) is 12.1 Å². The molecule has 0 bridgehead atoms. The van der Waals surface area contributed by atoms with Gasteiger partial charge in [-0.05, 0) is 18.1 Å². The maximum Gasteiger partial charge on any atom is 0.127 e. The van der Waals surface area contributed by atoms with Crippen LogP contribution < -0.4 is 5.32 Å². The van der Waals surface area contributed by atoms with Crippen molar-refractivity contribution in [3.8, 4) is 0 Å². The smallest absolute Gasteiger partial charge is 0.127 e. The van der Waals surface area contributed by atoms with Gasteiger partial charge in [0.1, 0.15) is 5.82 Å². The number of hydrogen-bond acceptors (Lipinski definition) is 1. The van der Waals surface area contributed by atoms with Gasteiger partial charge in [-0.1, -0.05) is 31.5 Å². The standard InChI is InChI=1S/C12H16FN/c1-2-7-12(8-14-9-12)10-5-3-4-6-11(10)13/h3-6,14H,2,7-9H2,1H3. The molecule has 0 unspecified atom stereocenters. The molecule has 2 rings (SSSR count). The zero-order valence-corrected chi connectivity index (χ0v) is 8.52. The third kappa shape index (κ3) is 1.44. The highest BCUT2D eigenvalue weighted by Crippen LogP contribution is 2.34. The van der Waals surface area contributed by atoms with Gasteiger partial charge in [0.05, 0.1) is 0 Å². The number of halogens is 1. The molecule has 1 fully saturated rings. The van der Waals surface area contributed by atoms with Crippen LogP contribution in [0.5, 0.6) is 0 Å². The first-order valence-corrected chi connectivity index (χ1v) is 5.24. The molecule has 0 spiro atoms. The van der Waals surface area contributed by atoms with E-state index in [1.807, 2.05) is 12.1 Å². The number of rotatable bonds is 3. The lowest BCUT2D eigenvalue weighted by molar-refractivity contribution is 0.247. The lowest BCUT2D eigenvalue weighted by Crippen LogP contribution is -2.57. The van der Waals surface area contributed by atoms with Gasteiger partial charge < -0.3 is 5.32 Å². The van der Waals surface area contributed by atoms with Crippen LogP contribution in [0.2, 0.25) is 0 Å². The zero-order chi connectivity index (χ0) is 10.0. The zero-order valence-electron chi connectivity index (χ0n) is 8.52. The Morgan fingerprint density at radius 1 is 1.36 bits per heavy atom. The highest BCUT2D eigenvalue weighted by molar-refractivity contribution is 5.31. The van der Waals surface area contributed by atoms with Crippen LogP contribution in [0.25, 0.3) is 0 Å². The molecule has 1 nitrogen and oxygen atoms in total. The molecule has 0 atom stereocenters. The predicted octanol–water partition coefficient (Wildman–Crippen LogP) is 2.47. The van der Waals surface area contributed by atoms with Crippen molar-refractivity contribution in [2.75, 3.05) is 13.1 Å². The van der Waals surface area contributed by atoms with Gasteiger partial charge in [-0.2, -0.15) is 0 Å². The Morgan fingerprint density at radius 2 is 2.07 bits per heavy atom. The fourth-order valence-corrected chi connectivity index (χ4v) is 2.30. The Hall–Kier alpha value is -0.890. The lowest BCUT2D eigenvalue weighted by Gasteiger charge is -2.43. The molecular weight excluding hydrogens is 177 g/mol. The molecule has 0 aromatic heterocycles. The fraction of sp³-hybridized carbons (Fsp3) is 0.500. The van der Waals surface area contributed by atoms with Gasteiger partial charge >= 0.3 is 0 Å². The summed E-state index contributed by atoms with van der Waals surface area (Å²) in [4.78, 5) is 0. The first kappa shape index (κ1) is 9.66. The molecule has 0 amide bonds. The maximum atomic E-state index is 13.6. The van der Waals surface area contributed by atoms with E-state index in [1.165, 1.54) is 0 Å². The molecule has 76 valence electrons. The van der Waals surface area contributed by atoms with Crippen molar-refractivity contribution >= 4 is 0 Å². The monoisotopic (exact) mass is 193 g/mol. The van der Waals surface area contributed by atoms with Crippen molar-refractivity contribution in [2.45, 2.75) is 25.2 Å². The van der Waals surface area contributed by atoms with Gasteiger partial charge in [-0.3, -0.25) is 0 Å². The summed E-state index contributed by atoms with van der Waals surface area (Å²) in [6.07, 6.45) is 2.18. The summed E-state index contributed by atoms with van der Waals surface area (Å²) in [6, 6.07) is 7.16. The second kappa shape index (κ2) is 3.70. The topological polar surface area (TPSA) is 12.0 Å². The molecule has 1 aliphatic rings. The van der Waals surface area contributed by atoms with Crippen molar-refractivity contribution in [1.29, 1.82) is 0 Å². The normalized spacial score (nSPS) is 19.0. The molecule has 0 radical (unpaired) electrons. The fourth-order valence-electron chi connectivity index (χ4n) is 2.30. The summed E-state index contributed by atoms with van der Waals surface area (Å²) in [7, 11) is 0. The molecule has 1 aromatic rings. The van der Waals surface area contributed by atoms with Gasteiger partial charge in [0, 0.05) is 18.5 Å². The highest BCUT2D eigenvalue weighted by atomic mass is 19.1. The van der Waals surface area contributed by atoms with Crippen LogP contribution in [0.4, 0.5) is 4.39 Å². The molecule has 1 N–H and O–H groups in total. The van der Waals surface area contributed by atoms with Crippen molar-refractivity contribution in [2.24, 2.45) is 0 Å². The van der Waals surface area contributed by atoms with Gasteiger partial charge in [0.25, 0.3) is 0 Å². The van der Waals surface area contributed by atoms with Crippen molar-refractivity contribution < 1.29 is 4.39 Å². The van der Waals surface area contributed by atoms with Crippen molar-refractivity contribution in [1.82, 2.24) is 5.32 Å². The van der Waals surface area contributed by atoms with Gasteiger partial charge in [-0.15, -0.1) is 0 Å². The minimum atomic E-state index is -0.0533. The van der Waals surface area contributed by atoms with Crippen molar-refractivity contribution in [3.05, 3.63) is 35.6 Å². The molecule has 0 aliphatic carbocycles. The Bertz CT molecular complexity index is 318. The lowest BCUT2D eigenvalue weighted by atomic mass is 9.72. The van der Waals surface area contributed by atoms with Crippen LogP contribution in [0.15, 0.2) is 24.3 Å². The van der Waals surface area contributed by atoms with E-state index in [2.05, 4.69) is 12.2 Å². The van der Waals surface area contributed by atoms with E-state index in [4.69, 9.17) is 0 Å². The summed E-state index contributed by atoms with van der Waals surface area (Å²) in [5.74, 6) is -0.0533. The molecule has 1 aromatic carbocycles. The van der Waals surface area contributed by atoms with Crippen LogP contribution in [-0.2, 0) is 5.41 Å². The summed E-state index contributed by atoms with van der Waals surface area (Å²) in [5, 5.41) is 3.25. The third-order valence-electron chi connectivity index (χ3n) is 3.10. The van der Waals surface area contributed by atoms with Gasteiger partial charge in [0.15, 0.2) is 0 Å². The Morgan fingerprint density at radius 3 is 2.57 bits per heavy atom. The van der Waals surface area contributed by atoms with E-state index in [0.29, 0.717) is 0 Å². The van der Waals surface area contributed by atoms with Gasteiger partial charge in [-0.25, -0.2) is 4.39 Å². The quantitative estimate of drug-likeness (QED) is 0.777. The third-order valence-corrected chi connectivity index (χ3v) is 3.10. The largest absolute Gasteiger partial charge is 0.315 e. The van der Waals surface area contributed by atoms with E-state index in [0.717, 1.165) is 31.5 Å². The molecule has 1 aliphatic heterocycles. The first-order valence-electron chi connectivity index (χ1n) is 5.24. The Kier molecular flexibility index (Phi) is 2.55. The molecule has 1 saturated heterocycles. The Labute approximate surface area is 84.3 Å². The Balaban J connectivity index is 2.32. The SMILES string of the molecule is CCCC1(c2ccccc2F)CNC1. The van der Waals surface area contributed by atoms with Crippen LogP contribution in [-0.4, -0.2) is 13.1 Å². The van der Waals surface area contributed by atoms with Crippen LogP contribution in [0, 0.1) is 5.82 Å². The average molecular weight is 193 g/mol. The highest BCUT2D eigenvalue weighted by Gasteiger charge is 2.39. The van der Waals surface area contributed by atoms with E-state index in [9.17, 15) is 4.39 Å². The second-order valence-corrected chi connectivity index (χ2v) is 4.11. The van der Waals surface area contributed by atoms with E-state index in [-0.39, 0.29) is 11.2 Å². The minimum absolute atomic E-state index is 0.0533. The van der Waals surface area contributed by atoms with Gasteiger partial charge in [0.2, 0.25) is 0 Å². The molecule has 0 saturated carbocycles. The molecular formula is C12H16FN. The molecule has 1 heterocycles. The molecule has 14 heavy (non-hydrogen) atoms. The predicted molar refractivity (Wildman–Crippen MR) is 55.9 cm³/mol. The van der Waals surface area contributed by atoms with E-state index >= 15 is 0 Å². The van der Waals surface area contributed by atoms with Crippen molar-refractivity contribution in [3.63, 3.8) is 0 Å². The minimum Gasteiger partial charge on any atom is -0.315 e. The number of benzene rings is 1. The first-order chi connectivity index (χ1) is 6.78.